The Bertz CT molecular complexity index is 1690. The van der Waals surface area contributed by atoms with Gasteiger partial charge in [0.15, 0.2) is 0 Å². The number of hydrogen-bond donors (Lipinski definition) is 2. The van der Waals surface area contributed by atoms with Crippen molar-refractivity contribution >= 4 is 38.6 Å². The van der Waals surface area contributed by atoms with Gasteiger partial charge in [-0.05, 0) is 55.5 Å². The van der Waals surface area contributed by atoms with E-state index in [2.05, 4.69) is 20.6 Å². The van der Waals surface area contributed by atoms with Crippen molar-refractivity contribution in [3.05, 3.63) is 72.6 Å². The Balaban J connectivity index is 1.34. The number of ether oxygens (including phenoxy) is 2. The third-order valence-corrected chi connectivity index (χ3v) is 9.92. The van der Waals surface area contributed by atoms with E-state index in [0.717, 1.165) is 31.2 Å². The van der Waals surface area contributed by atoms with Crippen LogP contribution < -0.4 is 10.6 Å². The van der Waals surface area contributed by atoms with E-state index in [4.69, 9.17) is 14.5 Å². The molecule has 1 aliphatic carbocycles. The van der Waals surface area contributed by atoms with E-state index < -0.39 is 10.0 Å². The number of nitrogens with one attached hydrogen (secondary N) is 2. The molecular weight excluding hydrogens is 568 g/mol. The second-order valence-corrected chi connectivity index (χ2v) is 12.6. The van der Waals surface area contributed by atoms with Gasteiger partial charge in [-0.15, -0.1) is 0 Å². The molecule has 43 heavy (non-hydrogen) atoms. The van der Waals surface area contributed by atoms with Crippen molar-refractivity contribution < 1.29 is 22.7 Å². The zero-order valence-electron chi connectivity index (χ0n) is 23.9. The zero-order chi connectivity index (χ0) is 29.8. The van der Waals surface area contributed by atoms with Crippen molar-refractivity contribution in [2.45, 2.75) is 42.7 Å². The molecule has 1 amide bonds. The number of aromatic nitrogens is 3. The number of rotatable bonds is 8. The molecule has 2 fully saturated rings. The quantitative estimate of drug-likeness (QED) is 0.302. The van der Waals surface area contributed by atoms with Gasteiger partial charge in [-0.2, -0.15) is 4.31 Å². The van der Waals surface area contributed by atoms with Gasteiger partial charge in [0.25, 0.3) is 5.91 Å². The number of carbonyl (C=O) groups is 1. The van der Waals surface area contributed by atoms with E-state index in [1.54, 1.807) is 68.0 Å². The molecular formula is C31H34N6O5S. The lowest BCUT2D eigenvalue weighted by molar-refractivity contribution is 0.0681. The second kappa shape index (κ2) is 12.7. The highest BCUT2D eigenvalue weighted by atomic mass is 32.2. The highest BCUT2D eigenvalue weighted by Gasteiger charge is 2.27. The molecule has 11 nitrogen and oxygen atoms in total. The summed E-state index contributed by atoms with van der Waals surface area (Å²) in [5.41, 5.74) is 2.52. The number of nitrogens with zero attached hydrogens (tertiary/aromatic N) is 4. The van der Waals surface area contributed by atoms with Crippen molar-refractivity contribution in [3.8, 4) is 11.1 Å². The third-order valence-electron chi connectivity index (χ3n) is 8.00. The summed E-state index contributed by atoms with van der Waals surface area (Å²) in [5, 5.41) is 6.94. The second-order valence-electron chi connectivity index (χ2n) is 10.7. The fraction of sp³-hybridized carbons (Fsp3) is 0.355. The summed E-state index contributed by atoms with van der Waals surface area (Å²) in [7, 11) is -1.88. The fourth-order valence-electron chi connectivity index (χ4n) is 5.54. The SMILES string of the molecule is COC1CCC(Nc2ncc3c(NC(=O)c4ccccc4)ncc(-c4ccc(S(=O)(=O)N5CCOCC5)cc4)c3n2)CC1. The van der Waals surface area contributed by atoms with Gasteiger partial charge in [0, 0.05) is 49.8 Å². The number of sulfonamides is 1. The molecule has 1 aliphatic heterocycles. The van der Waals surface area contributed by atoms with E-state index in [0.29, 0.717) is 60.1 Å². The van der Waals surface area contributed by atoms with Crippen LogP contribution in [0.4, 0.5) is 11.8 Å². The Hall–Kier alpha value is -3.97. The van der Waals surface area contributed by atoms with Crippen LogP contribution in [0.25, 0.3) is 22.0 Å². The van der Waals surface area contributed by atoms with E-state index in [1.807, 2.05) is 6.07 Å². The van der Waals surface area contributed by atoms with Gasteiger partial charge >= 0.3 is 0 Å². The molecule has 12 heteroatoms. The molecule has 2 aromatic heterocycles. The van der Waals surface area contributed by atoms with E-state index in [9.17, 15) is 13.2 Å². The molecule has 0 bridgehead atoms. The average molecular weight is 603 g/mol. The van der Waals surface area contributed by atoms with Crippen LogP contribution >= 0.6 is 0 Å². The molecule has 224 valence electrons. The highest BCUT2D eigenvalue weighted by molar-refractivity contribution is 7.89. The van der Waals surface area contributed by atoms with Crippen LogP contribution in [0.15, 0.2) is 71.9 Å². The Morgan fingerprint density at radius 1 is 0.953 bits per heavy atom. The first-order chi connectivity index (χ1) is 20.9. The van der Waals surface area contributed by atoms with Crippen molar-refractivity contribution in [1.29, 1.82) is 0 Å². The fourth-order valence-corrected chi connectivity index (χ4v) is 6.95. The van der Waals surface area contributed by atoms with Crippen molar-refractivity contribution in [1.82, 2.24) is 19.3 Å². The Morgan fingerprint density at radius 3 is 2.37 bits per heavy atom. The summed E-state index contributed by atoms with van der Waals surface area (Å²) in [6.07, 6.45) is 7.41. The number of morpholine rings is 1. The number of carbonyl (C=O) groups excluding carboxylic acids is 1. The van der Waals surface area contributed by atoms with E-state index in [-0.39, 0.29) is 22.9 Å². The van der Waals surface area contributed by atoms with Crippen LogP contribution in [0.1, 0.15) is 36.0 Å². The lowest BCUT2D eigenvalue weighted by Gasteiger charge is -2.28. The summed E-state index contributed by atoms with van der Waals surface area (Å²) in [6.45, 7) is 1.42. The first-order valence-electron chi connectivity index (χ1n) is 14.4. The summed E-state index contributed by atoms with van der Waals surface area (Å²) in [4.78, 5) is 27.2. The first-order valence-corrected chi connectivity index (χ1v) is 15.9. The minimum atomic E-state index is -3.63. The topological polar surface area (TPSA) is 136 Å². The van der Waals surface area contributed by atoms with Crippen LogP contribution in [0, 0.1) is 0 Å². The average Bonchev–Trinajstić information content (AvgIpc) is 3.06. The normalized spacial score (nSPS) is 19.7. The third kappa shape index (κ3) is 6.37. The molecule has 0 spiro atoms. The van der Waals surface area contributed by atoms with Crippen LogP contribution in [-0.2, 0) is 19.5 Å². The largest absolute Gasteiger partial charge is 0.381 e. The predicted octanol–water partition coefficient (Wildman–Crippen LogP) is 4.33. The number of anilines is 2. The molecule has 0 atom stereocenters. The van der Waals surface area contributed by atoms with Crippen LogP contribution in [0.2, 0.25) is 0 Å². The minimum Gasteiger partial charge on any atom is -0.381 e. The summed E-state index contributed by atoms with van der Waals surface area (Å²) in [5.74, 6) is 0.524. The number of fused-ring (bicyclic) bond motifs is 1. The van der Waals surface area contributed by atoms with Crippen molar-refractivity contribution in [3.63, 3.8) is 0 Å². The van der Waals surface area contributed by atoms with Gasteiger partial charge in [-0.1, -0.05) is 30.3 Å². The van der Waals surface area contributed by atoms with Gasteiger partial charge in [0.2, 0.25) is 16.0 Å². The molecule has 2 aliphatic rings. The lowest BCUT2D eigenvalue weighted by Crippen LogP contribution is -2.40. The van der Waals surface area contributed by atoms with Gasteiger partial charge in [0.1, 0.15) is 5.82 Å². The molecule has 3 heterocycles. The number of amides is 1. The number of benzene rings is 2. The molecule has 1 saturated carbocycles. The minimum absolute atomic E-state index is 0.214. The van der Waals surface area contributed by atoms with Crippen LogP contribution in [0.3, 0.4) is 0 Å². The maximum absolute atomic E-state index is 13.2. The summed E-state index contributed by atoms with van der Waals surface area (Å²) >= 11 is 0. The smallest absolute Gasteiger partial charge is 0.256 e. The molecule has 0 radical (unpaired) electrons. The molecule has 6 rings (SSSR count). The van der Waals surface area contributed by atoms with E-state index >= 15 is 0 Å². The number of hydrogen-bond acceptors (Lipinski definition) is 9. The molecule has 1 saturated heterocycles. The molecule has 0 unspecified atom stereocenters. The summed E-state index contributed by atoms with van der Waals surface area (Å²) < 4.78 is 38.6. The van der Waals surface area contributed by atoms with Gasteiger partial charge in [-0.25, -0.2) is 23.4 Å². The van der Waals surface area contributed by atoms with Gasteiger partial charge in [-0.3, -0.25) is 4.79 Å². The van der Waals surface area contributed by atoms with E-state index in [1.165, 1.54) is 4.31 Å². The summed E-state index contributed by atoms with van der Waals surface area (Å²) in [6, 6.07) is 15.8. The van der Waals surface area contributed by atoms with Gasteiger partial charge in [0.05, 0.1) is 35.1 Å². The highest BCUT2D eigenvalue weighted by Crippen LogP contribution is 2.33. The Labute approximate surface area is 250 Å². The maximum atomic E-state index is 13.2. The maximum Gasteiger partial charge on any atom is 0.256 e. The van der Waals surface area contributed by atoms with Gasteiger partial charge < -0.3 is 20.1 Å². The predicted molar refractivity (Wildman–Crippen MR) is 163 cm³/mol. The number of methoxy groups -OCH3 is 1. The standard InChI is InChI=1S/C31H34N6O5S/c1-41-24-11-9-23(10-12-24)34-31-33-20-27-28(35-31)26(19-32-29(27)36-30(38)22-5-3-2-4-6-22)21-7-13-25(14-8-21)43(39,40)37-15-17-42-18-16-37/h2-8,13-14,19-20,23-24H,9-12,15-18H2,1H3,(H,32,36,38)(H,33,34,35). The zero-order valence-corrected chi connectivity index (χ0v) is 24.7. The van der Waals surface area contributed by atoms with Crippen molar-refractivity contribution in [2.24, 2.45) is 0 Å². The molecule has 2 aromatic carbocycles. The molecule has 4 aromatic rings. The Kier molecular flexibility index (Phi) is 8.61. The monoisotopic (exact) mass is 602 g/mol. The number of pyridine rings is 1. The first kappa shape index (κ1) is 29.1. The lowest BCUT2D eigenvalue weighted by atomic mass is 9.93. The van der Waals surface area contributed by atoms with Crippen LogP contribution in [-0.4, -0.2) is 79.1 Å². The molecule has 2 N–H and O–H groups in total. The van der Waals surface area contributed by atoms with Crippen molar-refractivity contribution in [2.75, 3.05) is 44.0 Å². The Morgan fingerprint density at radius 2 is 1.67 bits per heavy atom. The van der Waals surface area contributed by atoms with Crippen LogP contribution in [0.5, 0.6) is 0 Å².